The number of carbonyl (C=O) groups is 1. The molecule has 1 amide bonds. The number of hydroxylamine groups is 1. The first-order chi connectivity index (χ1) is 7.92. The number of ether oxygens (including phenoxy) is 1. The fourth-order valence-corrected chi connectivity index (χ4v) is 1.77. The van der Waals surface area contributed by atoms with Crippen LogP contribution in [0.25, 0.3) is 0 Å². The fourth-order valence-electron chi connectivity index (χ4n) is 1.77. The first-order valence-electron chi connectivity index (χ1n) is 6.27. The van der Waals surface area contributed by atoms with Crippen molar-refractivity contribution in [3.05, 3.63) is 0 Å². The molecule has 100 valence electrons. The largest absolute Gasteiger partial charge is 0.444 e. The van der Waals surface area contributed by atoms with E-state index in [2.05, 4.69) is 5.48 Å². The van der Waals surface area contributed by atoms with E-state index in [0.29, 0.717) is 13.2 Å². The number of amides is 1. The van der Waals surface area contributed by atoms with Gasteiger partial charge in [0.2, 0.25) is 0 Å². The van der Waals surface area contributed by atoms with Crippen molar-refractivity contribution in [2.75, 3.05) is 19.7 Å². The van der Waals surface area contributed by atoms with E-state index in [1.807, 2.05) is 27.7 Å². The quantitative estimate of drug-likeness (QED) is 0.771. The lowest BCUT2D eigenvalue weighted by molar-refractivity contribution is -0.0111. The van der Waals surface area contributed by atoms with Crippen LogP contribution in [0, 0.1) is 0 Å². The minimum atomic E-state index is -0.433. The maximum Gasteiger partial charge on any atom is 0.410 e. The van der Waals surface area contributed by atoms with E-state index < -0.39 is 5.60 Å². The molecule has 1 fully saturated rings. The predicted octanol–water partition coefficient (Wildman–Crippen LogP) is 1.93. The molecule has 1 saturated heterocycles. The molecule has 1 aliphatic rings. The standard InChI is InChI=1S/C12H24N2O3/c1-5-16-13-10-7-6-8-14(9-10)11(15)17-12(2,3)4/h10,13H,5-9H2,1-4H3. The van der Waals surface area contributed by atoms with Crippen molar-refractivity contribution in [3.63, 3.8) is 0 Å². The second-order valence-electron chi connectivity index (χ2n) is 5.32. The Kier molecular flexibility index (Phi) is 5.21. The summed E-state index contributed by atoms with van der Waals surface area (Å²) in [5.74, 6) is 0. The Balaban J connectivity index is 2.40. The summed E-state index contributed by atoms with van der Waals surface area (Å²) < 4.78 is 5.35. The Morgan fingerprint density at radius 3 is 2.76 bits per heavy atom. The number of carbonyl (C=O) groups excluding carboxylic acids is 1. The van der Waals surface area contributed by atoms with Gasteiger partial charge < -0.3 is 14.5 Å². The van der Waals surface area contributed by atoms with Gasteiger partial charge in [-0.15, -0.1) is 0 Å². The minimum Gasteiger partial charge on any atom is -0.444 e. The van der Waals surface area contributed by atoms with Crippen LogP contribution in [-0.2, 0) is 9.57 Å². The molecule has 0 aromatic rings. The molecule has 0 spiro atoms. The van der Waals surface area contributed by atoms with Crippen molar-refractivity contribution >= 4 is 6.09 Å². The van der Waals surface area contributed by atoms with Crippen molar-refractivity contribution in [1.29, 1.82) is 0 Å². The summed E-state index contributed by atoms with van der Waals surface area (Å²) in [7, 11) is 0. The molecule has 1 rings (SSSR count). The van der Waals surface area contributed by atoms with Gasteiger partial charge in [0.25, 0.3) is 0 Å². The molecule has 1 N–H and O–H groups in total. The summed E-state index contributed by atoms with van der Waals surface area (Å²) >= 11 is 0. The molecule has 1 atom stereocenters. The van der Waals surface area contributed by atoms with Gasteiger partial charge >= 0.3 is 6.09 Å². The summed E-state index contributed by atoms with van der Waals surface area (Å²) in [4.78, 5) is 18.8. The highest BCUT2D eigenvalue weighted by Crippen LogP contribution is 2.15. The molecular formula is C12H24N2O3. The van der Waals surface area contributed by atoms with E-state index in [-0.39, 0.29) is 12.1 Å². The molecule has 0 radical (unpaired) electrons. The highest BCUT2D eigenvalue weighted by Gasteiger charge is 2.27. The first kappa shape index (κ1) is 14.3. The van der Waals surface area contributed by atoms with Crippen LogP contribution in [0.5, 0.6) is 0 Å². The lowest BCUT2D eigenvalue weighted by atomic mass is 10.1. The lowest BCUT2D eigenvalue weighted by Crippen LogP contribution is -2.49. The molecule has 17 heavy (non-hydrogen) atoms. The molecule has 5 nitrogen and oxygen atoms in total. The summed E-state index contributed by atoms with van der Waals surface area (Å²) in [6.45, 7) is 9.61. The molecule has 0 aliphatic carbocycles. The summed E-state index contributed by atoms with van der Waals surface area (Å²) in [6.07, 6.45) is 1.77. The van der Waals surface area contributed by atoms with Gasteiger partial charge in [-0.1, -0.05) is 0 Å². The van der Waals surface area contributed by atoms with Crippen LogP contribution in [0.15, 0.2) is 0 Å². The Bertz CT molecular complexity index is 251. The van der Waals surface area contributed by atoms with E-state index in [1.165, 1.54) is 0 Å². The van der Waals surface area contributed by atoms with Crippen LogP contribution in [-0.4, -0.2) is 42.3 Å². The van der Waals surface area contributed by atoms with Crippen molar-refractivity contribution in [2.24, 2.45) is 0 Å². The third kappa shape index (κ3) is 5.37. The molecule has 0 aromatic heterocycles. The monoisotopic (exact) mass is 244 g/mol. The number of likely N-dealkylation sites (tertiary alicyclic amines) is 1. The molecule has 1 aliphatic heterocycles. The summed E-state index contributed by atoms with van der Waals surface area (Å²) in [6, 6.07) is 0.205. The van der Waals surface area contributed by atoms with Gasteiger partial charge in [-0.25, -0.2) is 4.79 Å². The van der Waals surface area contributed by atoms with Crippen molar-refractivity contribution in [3.8, 4) is 0 Å². The van der Waals surface area contributed by atoms with Crippen molar-refractivity contribution in [2.45, 2.75) is 52.2 Å². The number of hydrogen-bond acceptors (Lipinski definition) is 4. The van der Waals surface area contributed by atoms with Crippen LogP contribution in [0.2, 0.25) is 0 Å². The van der Waals surface area contributed by atoms with Crippen LogP contribution < -0.4 is 5.48 Å². The smallest absolute Gasteiger partial charge is 0.410 e. The zero-order valence-electron chi connectivity index (χ0n) is 11.3. The summed E-state index contributed by atoms with van der Waals surface area (Å²) in [5, 5.41) is 0. The highest BCUT2D eigenvalue weighted by atomic mass is 16.6. The van der Waals surface area contributed by atoms with Crippen LogP contribution in [0.1, 0.15) is 40.5 Å². The average Bonchev–Trinajstić information content (AvgIpc) is 2.24. The van der Waals surface area contributed by atoms with Gasteiger partial charge in [0.1, 0.15) is 5.60 Å². The average molecular weight is 244 g/mol. The Morgan fingerprint density at radius 1 is 1.47 bits per heavy atom. The normalized spacial score (nSPS) is 21.4. The van der Waals surface area contributed by atoms with Gasteiger partial charge in [-0.3, -0.25) is 0 Å². The van der Waals surface area contributed by atoms with E-state index in [9.17, 15) is 4.79 Å². The summed E-state index contributed by atoms with van der Waals surface area (Å²) in [5.41, 5.74) is 2.54. The van der Waals surface area contributed by atoms with E-state index >= 15 is 0 Å². The van der Waals surface area contributed by atoms with Gasteiger partial charge in [-0.2, -0.15) is 5.48 Å². The SMILES string of the molecule is CCONC1CCCN(C(=O)OC(C)(C)C)C1. The number of nitrogens with one attached hydrogen (secondary N) is 1. The number of hydrogen-bond donors (Lipinski definition) is 1. The maximum absolute atomic E-state index is 11.9. The third-order valence-corrected chi connectivity index (χ3v) is 2.47. The minimum absolute atomic E-state index is 0.205. The Hall–Kier alpha value is -0.810. The third-order valence-electron chi connectivity index (χ3n) is 2.47. The van der Waals surface area contributed by atoms with Crippen molar-refractivity contribution < 1.29 is 14.4 Å². The zero-order chi connectivity index (χ0) is 12.9. The van der Waals surface area contributed by atoms with Gasteiger partial charge in [0, 0.05) is 19.1 Å². The predicted molar refractivity (Wildman–Crippen MR) is 65.6 cm³/mol. The molecule has 1 unspecified atom stereocenters. The fraction of sp³-hybridized carbons (Fsp3) is 0.917. The maximum atomic E-state index is 11.9. The second kappa shape index (κ2) is 6.21. The van der Waals surface area contributed by atoms with Crippen molar-refractivity contribution in [1.82, 2.24) is 10.4 Å². The number of nitrogens with zero attached hydrogens (tertiary/aromatic N) is 1. The van der Waals surface area contributed by atoms with E-state index in [0.717, 1.165) is 19.4 Å². The molecular weight excluding hydrogens is 220 g/mol. The van der Waals surface area contributed by atoms with Gasteiger partial charge in [0.15, 0.2) is 0 Å². The zero-order valence-corrected chi connectivity index (χ0v) is 11.3. The number of piperidine rings is 1. The van der Waals surface area contributed by atoms with Crippen LogP contribution in [0.4, 0.5) is 4.79 Å². The van der Waals surface area contributed by atoms with E-state index in [4.69, 9.17) is 9.57 Å². The highest BCUT2D eigenvalue weighted by molar-refractivity contribution is 5.68. The van der Waals surface area contributed by atoms with Crippen LogP contribution in [0.3, 0.4) is 0 Å². The van der Waals surface area contributed by atoms with Gasteiger partial charge in [0.05, 0.1) is 6.61 Å². The molecule has 1 heterocycles. The van der Waals surface area contributed by atoms with Gasteiger partial charge in [-0.05, 0) is 40.5 Å². The molecule has 0 saturated carbocycles. The van der Waals surface area contributed by atoms with Crippen LogP contribution >= 0.6 is 0 Å². The van der Waals surface area contributed by atoms with E-state index in [1.54, 1.807) is 4.90 Å². The topological polar surface area (TPSA) is 50.8 Å². The Labute approximate surface area is 103 Å². The molecule has 5 heteroatoms. The molecule has 0 bridgehead atoms. The Morgan fingerprint density at radius 2 is 2.18 bits per heavy atom. The first-order valence-corrected chi connectivity index (χ1v) is 6.27. The number of rotatable bonds is 3. The lowest BCUT2D eigenvalue weighted by Gasteiger charge is -2.34. The second-order valence-corrected chi connectivity index (χ2v) is 5.32. The molecule has 0 aromatic carbocycles.